The van der Waals surface area contributed by atoms with Crippen LogP contribution in [0.3, 0.4) is 0 Å². The van der Waals surface area contributed by atoms with Gasteiger partial charge in [-0.2, -0.15) is 0 Å². The molecule has 0 spiro atoms. The van der Waals surface area contributed by atoms with Crippen molar-refractivity contribution in [2.45, 2.75) is 27.7 Å². The molecule has 2 heterocycles. The number of aliphatic imine (C=N–C) groups is 1. The molecule has 1 aliphatic rings. The Balaban J connectivity index is 1.73. The third-order valence-electron chi connectivity index (χ3n) is 5.38. The van der Waals surface area contributed by atoms with Crippen LogP contribution in [0.15, 0.2) is 78.3 Å². The Morgan fingerprint density at radius 2 is 1.70 bits per heavy atom. The Kier molecular flexibility index (Phi) is 6.83. The van der Waals surface area contributed by atoms with E-state index in [2.05, 4.69) is 70.8 Å². The summed E-state index contributed by atoms with van der Waals surface area (Å²) in [4.78, 5) is 18.0. The maximum atomic E-state index is 4.68. The van der Waals surface area contributed by atoms with Gasteiger partial charge >= 0.3 is 0 Å². The van der Waals surface area contributed by atoms with Gasteiger partial charge in [0.25, 0.3) is 0 Å². The van der Waals surface area contributed by atoms with Gasteiger partial charge in [0, 0.05) is 59.4 Å². The van der Waals surface area contributed by atoms with Gasteiger partial charge in [-0.1, -0.05) is 51.3 Å². The predicted molar refractivity (Wildman–Crippen MR) is 126 cm³/mol. The number of allylic oxidation sites excluding steroid dienone is 2. The largest absolute Gasteiger partial charge is 0.352 e. The van der Waals surface area contributed by atoms with Gasteiger partial charge in [-0.25, -0.2) is 9.97 Å². The molecular weight excluding hydrogens is 370 g/mol. The molecule has 0 unspecified atom stereocenters. The van der Waals surface area contributed by atoms with Crippen LogP contribution in [0, 0.1) is 5.92 Å². The van der Waals surface area contributed by atoms with Gasteiger partial charge in [0.05, 0.1) is 6.67 Å². The van der Waals surface area contributed by atoms with E-state index in [4.69, 9.17) is 0 Å². The fourth-order valence-electron chi connectivity index (χ4n) is 3.35. The van der Waals surface area contributed by atoms with Crippen LogP contribution in [0.5, 0.6) is 0 Å². The molecule has 1 aromatic heterocycles. The molecule has 0 radical (unpaired) electrons. The Labute approximate surface area is 180 Å². The summed E-state index contributed by atoms with van der Waals surface area (Å²) in [7, 11) is 0. The molecule has 156 valence electrons. The van der Waals surface area contributed by atoms with Crippen molar-refractivity contribution < 1.29 is 0 Å². The average Bonchev–Trinajstić information content (AvgIpc) is 3.24. The summed E-state index contributed by atoms with van der Waals surface area (Å²) in [6, 6.07) is 9.99. The highest BCUT2D eigenvalue weighted by Crippen LogP contribution is 2.29. The summed E-state index contributed by atoms with van der Waals surface area (Å²) in [5, 5.41) is 0. The molecule has 2 aromatic rings. The fraction of sp³-hybridized carbons (Fsp3) is 0.320. The molecule has 0 atom stereocenters. The normalized spacial score (nSPS) is 15.1. The van der Waals surface area contributed by atoms with E-state index < -0.39 is 0 Å². The summed E-state index contributed by atoms with van der Waals surface area (Å²) in [5.41, 5.74) is 6.11. The third kappa shape index (κ3) is 5.03. The Morgan fingerprint density at radius 3 is 2.40 bits per heavy atom. The molecule has 0 N–H and O–H groups in total. The van der Waals surface area contributed by atoms with Crippen molar-refractivity contribution in [2.24, 2.45) is 10.9 Å². The van der Waals surface area contributed by atoms with Gasteiger partial charge in [0.1, 0.15) is 0 Å². The average molecular weight is 402 g/mol. The summed E-state index contributed by atoms with van der Waals surface area (Å²) < 4.78 is 0. The van der Waals surface area contributed by atoms with Gasteiger partial charge < -0.3 is 9.80 Å². The van der Waals surface area contributed by atoms with Crippen molar-refractivity contribution >= 4 is 11.4 Å². The highest BCUT2D eigenvalue weighted by atomic mass is 15.4. The zero-order chi connectivity index (χ0) is 21.7. The minimum Gasteiger partial charge on any atom is -0.352 e. The number of benzene rings is 1. The standard InChI is InChI=1S/C25H31N5/c1-18(2)21(5)28-19(3)16-20(4)29-14-15-30(17-29)22(6)23-10-7-8-11-24(23)25-26-12-9-13-27-25/h7-13,16,18H,4,6,14-15,17H2,1-3,5H3/b19-16-,28-21-. The quantitative estimate of drug-likeness (QED) is 0.471. The second kappa shape index (κ2) is 9.53. The van der Waals surface area contributed by atoms with Crippen LogP contribution in [0.25, 0.3) is 17.1 Å². The summed E-state index contributed by atoms with van der Waals surface area (Å²) in [5.74, 6) is 1.16. The maximum absolute atomic E-state index is 4.68. The molecule has 30 heavy (non-hydrogen) atoms. The van der Waals surface area contributed by atoms with Crippen LogP contribution in [0.1, 0.15) is 33.3 Å². The first kappa shape index (κ1) is 21.5. The smallest absolute Gasteiger partial charge is 0.159 e. The van der Waals surface area contributed by atoms with Crippen LogP contribution < -0.4 is 0 Å². The van der Waals surface area contributed by atoms with E-state index in [1.165, 1.54) is 0 Å². The fourth-order valence-corrected chi connectivity index (χ4v) is 3.35. The molecule has 0 saturated carbocycles. The van der Waals surface area contributed by atoms with Crippen LogP contribution in [-0.2, 0) is 0 Å². The molecule has 5 nitrogen and oxygen atoms in total. The lowest BCUT2D eigenvalue weighted by molar-refractivity contribution is 0.367. The van der Waals surface area contributed by atoms with Crippen molar-refractivity contribution in [2.75, 3.05) is 19.8 Å². The van der Waals surface area contributed by atoms with Crippen LogP contribution in [0.2, 0.25) is 0 Å². The number of rotatable bonds is 7. The van der Waals surface area contributed by atoms with Crippen molar-refractivity contribution in [3.63, 3.8) is 0 Å². The number of hydrogen-bond acceptors (Lipinski definition) is 5. The third-order valence-corrected chi connectivity index (χ3v) is 5.38. The minimum absolute atomic E-state index is 0.445. The number of aromatic nitrogens is 2. The Hall–Kier alpha value is -3.21. The molecule has 1 fully saturated rings. The van der Waals surface area contributed by atoms with E-state index in [1.807, 2.05) is 31.2 Å². The van der Waals surface area contributed by atoms with E-state index >= 15 is 0 Å². The van der Waals surface area contributed by atoms with E-state index in [0.29, 0.717) is 11.7 Å². The van der Waals surface area contributed by atoms with Gasteiger partial charge in [0.2, 0.25) is 0 Å². The Morgan fingerprint density at radius 1 is 1.03 bits per heavy atom. The van der Waals surface area contributed by atoms with Gasteiger partial charge in [-0.05, 0) is 31.9 Å². The van der Waals surface area contributed by atoms with E-state index in [0.717, 1.165) is 53.7 Å². The lowest BCUT2D eigenvalue weighted by atomic mass is 10.0. The lowest BCUT2D eigenvalue weighted by Crippen LogP contribution is -2.23. The molecule has 0 aliphatic carbocycles. The molecule has 5 heteroatoms. The van der Waals surface area contributed by atoms with Gasteiger partial charge in [-0.15, -0.1) is 0 Å². The minimum atomic E-state index is 0.445. The highest BCUT2D eigenvalue weighted by Gasteiger charge is 2.23. The molecule has 0 amide bonds. The number of hydrogen-bond donors (Lipinski definition) is 0. The topological polar surface area (TPSA) is 44.6 Å². The van der Waals surface area contributed by atoms with Crippen LogP contribution in [0.4, 0.5) is 0 Å². The van der Waals surface area contributed by atoms with Crippen molar-refractivity contribution in [1.82, 2.24) is 19.8 Å². The zero-order valence-corrected chi connectivity index (χ0v) is 18.5. The molecule has 3 rings (SSSR count). The Bertz CT molecular complexity index is 972. The van der Waals surface area contributed by atoms with Crippen LogP contribution >= 0.6 is 0 Å². The van der Waals surface area contributed by atoms with Crippen molar-refractivity contribution in [3.05, 3.63) is 78.9 Å². The first-order chi connectivity index (χ1) is 14.4. The van der Waals surface area contributed by atoms with Gasteiger partial charge in [0.15, 0.2) is 5.82 Å². The second-order valence-corrected chi connectivity index (χ2v) is 7.92. The molecule has 1 aliphatic heterocycles. The second-order valence-electron chi connectivity index (χ2n) is 7.92. The SMILES string of the molecule is C=C(/C=C(C)\N=C(\C)C(C)C)N1CCN(C(=C)c2ccccc2-c2ncccn2)C1. The van der Waals surface area contributed by atoms with Crippen molar-refractivity contribution in [3.8, 4) is 11.4 Å². The van der Waals surface area contributed by atoms with Crippen LogP contribution in [-0.4, -0.2) is 45.2 Å². The number of nitrogens with zero attached hydrogens (tertiary/aromatic N) is 5. The molecule has 1 saturated heterocycles. The molecule has 1 aromatic carbocycles. The highest BCUT2D eigenvalue weighted by molar-refractivity contribution is 5.84. The lowest BCUT2D eigenvalue weighted by Gasteiger charge is -2.24. The summed E-state index contributed by atoms with van der Waals surface area (Å²) in [6.07, 6.45) is 5.59. The van der Waals surface area contributed by atoms with E-state index in [-0.39, 0.29) is 0 Å². The first-order valence-corrected chi connectivity index (χ1v) is 10.3. The van der Waals surface area contributed by atoms with E-state index in [1.54, 1.807) is 12.4 Å². The zero-order valence-electron chi connectivity index (χ0n) is 18.5. The maximum Gasteiger partial charge on any atom is 0.159 e. The monoisotopic (exact) mass is 401 g/mol. The summed E-state index contributed by atoms with van der Waals surface area (Å²) >= 11 is 0. The predicted octanol–water partition coefficient (Wildman–Crippen LogP) is 5.22. The molecular formula is C25H31N5. The van der Waals surface area contributed by atoms with Gasteiger partial charge in [-0.3, -0.25) is 4.99 Å². The molecule has 0 bridgehead atoms. The van der Waals surface area contributed by atoms with Crippen molar-refractivity contribution in [1.29, 1.82) is 0 Å². The van der Waals surface area contributed by atoms with E-state index in [9.17, 15) is 0 Å². The summed E-state index contributed by atoms with van der Waals surface area (Å²) in [6.45, 7) is 19.6. The first-order valence-electron chi connectivity index (χ1n) is 10.3.